The van der Waals surface area contributed by atoms with Crippen LogP contribution in [0.1, 0.15) is 19.5 Å². The van der Waals surface area contributed by atoms with Crippen LogP contribution < -0.4 is 0 Å². The first-order chi connectivity index (χ1) is 7.51. The quantitative estimate of drug-likeness (QED) is 0.891. The van der Waals surface area contributed by atoms with Crippen molar-refractivity contribution in [3.8, 4) is 10.8 Å². The van der Waals surface area contributed by atoms with E-state index in [1.54, 1.807) is 13.8 Å². The van der Waals surface area contributed by atoms with Crippen molar-refractivity contribution < 1.29 is 14.3 Å². The van der Waals surface area contributed by atoms with Crippen LogP contribution in [-0.2, 0) is 10.2 Å². The summed E-state index contributed by atoms with van der Waals surface area (Å²) >= 11 is 1.50. The zero-order valence-corrected chi connectivity index (χ0v) is 9.75. The lowest BCUT2D eigenvalue weighted by Crippen LogP contribution is -2.28. The lowest BCUT2D eigenvalue weighted by Gasteiger charge is -2.14. The molecule has 2 rings (SSSR count). The van der Waals surface area contributed by atoms with Gasteiger partial charge in [0.25, 0.3) is 0 Å². The van der Waals surface area contributed by atoms with E-state index in [0.717, 1.165) is 4.88 Å². The average Bonchev–Trinajstić information content (AvgIpc) is 2.88. The van der Waals surface area contributed by atoms with Gasteiger partial charge in [0.2, 0.25) is 5.89 Å². The van der Waals surface area contributed by atoms with Crippen molar-refractivity contribution in [2.75, 3.05) is 0 Å². The fourth-order valence-electron chi connectivity index (χ4n) is 1.18. The number of oxazole rings is 1. The summed E-state index contributed by atoms with van der Waals surface area (Å²) in [7, 11) is 0. The molecule has 5 heteroatoms. The lowest BCUT2D eigenvalue weighted by molar-refractivity contribution is -0.142. The van der Waals surface area contributed by atoms with Crippen molar-refractivity contribution >= 4 is 17.3 Å². The minimum absolute atomic E-state index is 0.434. The van der Waals surface area contributed by atoms with Crippen LogP contribution in [0.2, 0.25) is 0 Å². The Hall–Kier alpha value is -1.62. The van der Waals surface area contributed by atoms with E-state index in [1.807, 2.05) is 17.5 Å². The van der Waals surface area contributed by atoms with Gasteiger partial charge >= 0.3 is 5.97 Å². The summed E-state index contributed by atoms with van der Waals surface area (Å²) in [6.07, 6.45) is 1.41. The normalized spacial score (nSPS) is 11.6. The molecule has 0 saturated carbocycles. The standard InChI is InChI=1S/C11H11NO3S/c1-11(2,10(13)14)8-6-15-9(12-8)7-4-3-5-16-7/h3-6H,1-2H3,(H,13,14). The second kappa shape index (κ2) is 3.75. The van der Waals surface area contributed by atoms with Crippen molar-refractivity contribution in [3.63, 3.8) is 0 Å². The van der Waals surface area contributed by atoms with Crippen LogP contribution in [0.5, 0.6) is 0 Å². The van der Waals surface area contributed by atoms with Crippen molar-refractivity contribution in [1.82, 2.24) is 4.98 Å². The van der Waals surface area contributed by atoms with Gasteiger partial charge in [-0.15, -0.1) is 11.3 Å². The highest BCUT2D eigenvalue weighted by Crippen LogP contribution is 2.28. The van der Waals surface area contributed by atoms with Crippen LogP contribution in [0.4, 0.5) is 0 Å². The summed E-state index contributed by atoms with van der Waals surface area (Å²) in [5.74, 6) is -0.446. The zero-order chi connectivity index (χ0) is 11.8. The van der Waals surface area contributed by atoms with E-state index in [9.17, 15) is 4.79 Å². The SMILES string of the molecule is CC(C)(C(=O)O)c1coc(-c2cccs2)n1. The van der Waals surface area contributed by atoms with Gasteiger partial charge in [-0.3, -0.25) is 4.79 Å². The highest BCUT2D eigenvalue weighted by molar-refractivity contribution is 7.13. The molecule has 1 N–H and O–H groups in total. The highest BCUT2D eigenvalue weighted by atomic mass is 32.1. The number of aliphatic carboxylic acids is 1. The molecule has 16 heavy (non-hydrogen) atoms. The van der Waals surface area contributed by atoms with Gasteiger partial charge in [0.1, 0.15) is 11.7 Å². The fraction of sp³-hybridized carbons (Fsp3) is 0.273. The monoisotopic (exact) mass is 237 g/mol. The molecule has 0 aliphatic carbocycles. The van der Waals surface area contributed by atoms with Crippen LogP contribution in [0.3, 0.4) is 0 Å². The zero-order valence-electron chi connectivity index (χ0n) is 8.93. The van der Waals surface area contributed by atoms with E-state index in [-0.39, 0.29) is 0 Å². The number of carboxylic acid groups (broad SMARTS) is 1. The first-order valence-electron chi connectivity index (χ1n) is 4.75. The molecule has 0 spiro atoms. The van der Waals surface area contributed by atoms with Crippen molar-refractivity contribution in [2.24, 2.45) is 0 Å². The molecular weight excluding hydrogens is 226 g/mol. The van der Waals surface area contributed by atoms with Crippen LogP contribution in [-0.4, -0.2) is 16.1 Å². The summed E-state index contributed by atoms with van der Waals surface area (Å²) in [5.41, 5.74) is -0.595. The minimum atomic E-state index is -1.03. The predicted octanol–water partition coefficient (Wildman–Crippen LogP) is 2.77. The highest BCUT2D eigenvalue weighted by Gasteiger charge is 2.33. The summed E-state index contributed by atoms with van der Waals surface area (Å²) in [6.45, 7) is 3.21. The van der Waals surface area contributed by atoms with Gasteiger partial charge in [-0.1, -0.05) is 6.07 Å². The Morgan fingerprint density at radius 3 is 2.88 bits per heavy atom. The number of rotatable bonds is 3. The smallest absolute Gasteiger partial charge is 0.315 e. The molecule has 0 fully saturated rings. The topological polar surface area (TPSA) is 63.3 Å². The molecule has 84 valence electrons. The first-order valence-corrected chi connectivity index (χ1v) is 5.63. The van der Waals surface area contributed by atoms with Crippen molar-refractivity contribution in [2.45, 2.75) is 19.3 Å². The van der Waals surface area contributed by atoms with Gasteiger partial charge in [-0.05, 0) is 25.3 Å². The van der Waals surface area contributed by atoms with Gasteiger partial charge in [-0.25, -0.2) is 4.98 Å². The van der Waals surface area contributed by atoms with Gasteiger partial charge < -0.3 is 9.52 Å². The summed E-state index contributed by atoms with van der Waals surface area (Å²) in [6, 6.07) is 3.78. The van der Waals surface area contributed by atoms with Gasteiger partial charge in [0.05, 0.1) is 10.6 Å². The number of thiophene rings is 1. The molecule has 2 aromatic rings. The van der Waals surface area contributed by atoms with E-state index < -0.39 is 11.4 Å². The molecule has 0 radical (unpaired) electrons. The van der Waals surface area contributed by atoms with E-state index in [4.69, 9.17) is 9.52 Å². The third-order valence-electron chi connectivity index (χ3n) is 2.41. The molecule has 0 aliphatic heterocycles. The third kappa shape index (κ3) is 1.74. The molecule has 2 aromatic heterocycles. The first kappa shape index (κ1) is 10.9. The lowest BCUT2D eigenvalue weighted by atomic mass is 9.90. The summed E-state index contributed by atoms with van der Waals surface area (Å²) < 4.78 is 5.28. The molecule has 0 atom stereocenters. The maximum absolute atomic E-state index is 11.0. The van der Waals surface area contributed by atoms with Crippen LogP contribution in [0, 0.1) is 0 Å². The maximum Gasteiger partial charge on any atom is 0.315 e. The van der Waals surface area contributed by atoms with Gasteiger partial charge in [0, 0.05) is 0 Å². The molecule has 0 amide bonds. The van der Waals surface area contributed by atoms with Crippen LogP contribution >= 0.6 is 11.3 Å². The molecule has 0 aliphatic rings. The number of carbonyl (C=O) groups is 1. The van der Waals surface area contributed by atoms with Crippen LogP contribution in [0.25, 0.3) is 10.8 Å². The summed E-state index contributed by atoms with van der Waals surface area (Å²) in [5, 5.41) is 11.0. The molecule has 4 nitrogen and oxygen atoms in total. The largest absolute Gasteiger partial charge is 0.481 e. The van der Waals surface area contributed by atoms with E-state index in [0.29, 0.717) is 11.6 Å². The second-order valence-corrected chi connectivity index (χ2v) is 4.89. The average molecular weight is 237 g/mol. The number of aromatic nitrogens is 1. The van der Waals surface area contributed by atoms with Gasteiger partial charge in [-0.2, -0.15) is 0 Å². The molecule has 0 saturated heterocycles. The van der Waals surface area contributed by atoms with Crippen LogP contribution in [0.15, 0.2) is 28.2 Å². The van der Waals surface area contributed by atoms with Gasteiger partial charge in [0.15, 0.2) is 0 Å². The Bertz CT molecular complexity index is 499. The number of hydrogen-bond donors (Lipinski definition) is 1. The van der Waals surface area contributed by atoms with E-state index in [1.165, 1.54) is 17.6 Å². The number of nitrogens with zero attached hydrogens (tertiary/aromatic N) is 1. The second-order valence-electron chi connectivity index (χ2n) is 3.95. The minimum Gasteiger partial charge on any atom is -0.481 e. The molecule has 0 unspecified atom stereocenters. The third-order valence-corrected chi connectivity index (χ3v) is 3.27. The summed E-state index contributed by atoms with van der Waals surface area (Å²) in [4.78, 5) is 16.1. The molecule has 2 heterocycles. The van der Waals surface area contributed by atoms with E-state index in [2.05, 4.69) is 4.98 Å². The number of hydrogen-bond acceptors (Lipinski definition) is 4. The van der Waals surface area contributed by atoms with E-state index >= 15 is 0 Å². The fourth-order valence-corrected chi connectivity index (χ4v) is 1.84. The maximum atomic E-state index is 11.0. The number of carboxylic acids is 1. The molecular formula is C11H11NO3S. The van der Waals surface area contributed by atoms with Crippen molar-refractivity contribution in [3.05, 3.63) is 29.5 Å². The Kier molecular flexibility index (Phi) is 2.55. The Labute approximate surface area is 96.6 Å². The van der Waals surface area contributed by atoms with Crippen molar-refractivity contribution in [1.29, 1.82) is 0 Å². The molecule has 0 aromatic carbocycles. The Morgan fingerprint density at radius 1 is 1.56 bits per heavy atom. The Morgan fingerprint density at radius 2 is 2.31 bits per heavy atom. The predicted molar refractivity (Wildman–Crippen MR) is 60.5 cm³/mol. The Balaban J connectivity index is 2.37. The molecule has 0 bridgehead atoms.